The van der Waals surface area contributed by atoms with E-state index in [0.29, 0.717) is 17.7 Å². The molecule has 3 aliphatic rings. The third kappa shape index (κ3) is 4.23. The minimum absolute atomic E-state index is 0.537. The fourth-order valence-electron chi connectivity index (χ4n) is 5.54. The highest BCUT2D eigenvalue weighted by Crippen LogP contribution is 2.38. The fourth-order valence-corrected chi connectivity index (χ4v) is 5.76. The zero-order valence-corrected chi connectivity index (χ0v) is 19.7. The first-order valence-corrected chi connectivity index (χ1v) is 12.3. The molecule has 1 aromatic carbocycles. The lowest BCUT2D eigenvalue weighted by atomic mass is 9.87. The van der Waals surface area contributed by atoms with Gasteiger partial charge in [0, 0.05) is 48.8 Å². The molecular weight excluding hydrogens is 440 g/mol. The summed E-state index contributed by atoms with van der Waals surface area (Å²) in [4.78, 5) is 26.8. The number of benzene rings is 1. The summed E-state index contributed by atoms with van der Waals surface area (Å²) in [5.41, 5.74) is 5.79. The van der Waals surface area contributed by atoms with Crippen LogP contribution in [0.3, 0.4) is 0 Å². The van der Waals surface area contributed by atoms with E-state index in [-0.39, 0.29) is 0 Å². The number of nitrogens with one attached hydrogen (secondary N) is 2. The molecule has 5 rings (SSSR count). The molecular formula is C25H31ClN4O3. The quantitative estimate of drug-likeness (QED) is 0.342. The van der Waals surface area contributed by atoms with Crippen LogP contribution in [0.2, 0.25) is 0 Å². The average Bonchev–Trinajstić information content (AvgIpc) is 3.35. The SMILES string of the molecule is Cn1c(CNCCN2CCCC2)cc2cc3c(cc21)CCCC1=C3NC(=O)C(C(=O)Cl)C1O. The normalized spacial score (nSPS) is 23.4. The van der Waals surface area contributed by atoms with Gasteiger partial charge < -0.3 is 25.2 Å². The largest absolute Gasteiger partial charge is 0.387 e. The number of nitrogens with zero attached hydrogens (tertiary/aromatic N) is 2. The Morgan fingerprint density at radius 2 is 2.00 bits per heavy atom. The van der Waals surface area contributed by atoms with Crippen LogP contribution >= 0.6 is 11.6 Å². The molecule has 7 nitrogen and oxygen atoms in total. The predicted molar refractivity (Wildman–Crippen MR) is 129 cm³/mol. The summed E-state index contributed by atoms with van der Waals surface area (Å²) in [5.74, 6) is -1.78. The van der Waals surface area contributed by atoms with Crippen LogP contribution in [0.25, 0.3) is 16.6 Å². The Bertz CT molecular complexity index is 1130. The van der Waals surface area contributed by atoms with Gasteiger partial charge in [-0.15, -0.1) is 0 Å². The van der Waals surface area contributed by atoms with Crippen LogP contribution in [0.1, 0.15) is 42.5 Å². The lowest BCUT2D eigenvalue weighted by Crippen LogP contribution is -2.46. The number of aryl methyl sites for hydroxylation is 2. The highest BCUT2D eigenvalue weighted by molar-refractivity contribution is 6.65. The van der Waals surface area contributed by atoms with Crippen LogP contribution in [0.15, 0.2) is 23.8 Å². The van der Waals surface area contributed by atoms with Crippen molar-refractivity contribution in [3.63, 3.8) is 0 Å². The van der Waals surface area contributed by atoms with Gasteiger partial charge in [0.25, 0.3) is 0 Å². The van der Waals surface area contributed by atoms with Gasteiger partial charge in [0.15, 0.2) is 0 Å². The van der Waals surface area contributed by atoms with Crippen LogP contribution in [0.5, 0.6) is 0 Å². The molecule has 0 spiro atoms. The topological polar surface area (TPSA) is 86.6 Å². The standard InChI is InChI=1S/C25H31ClN4O3/c1-29-17(14-27-7-10-30-8-2-3-9-30)11-16-12-19-15(13-20(16)29)5-4-6-18-22(19)28-25(33)21(23(18)31)24(26)32/h11-13,21,23,27,31H,2-10,14H2,1H3,(H,28,33). The van der Waals surface area contributed by atoms with Crippen molar-refractivity contribution in [2.75, 3.05) is 26.2 Å². The zero-order chi connectivity index (χ0) is 23.1. The van der Waals surface area contributed by atoms with E-state index in [9.17, 15) is 14.7 Å². The lowest BCUT2D eigenvalue weighted by Gasteiger charge is -2.30. The molecule has 1 fully saturated rings. The van der Waals surface area contributed by atoms with E-state index in [2.05, 4.69) is 45.3 Å². The summed E-state index contributed by atoms with van der Waals surface area (Å²) in [5, 5.41) is 17.5. The fraction of sp³-hybridized carbons (Fsp3) is 0.520. The molecule has 0 radical (unpaired) electrons. The number of aliphatic hydroxyl groups is 1. The van der Waals surface area contributed by atoms with Gasteiger partial charge in [-0.25, -0.2) is 0 Å². The monoisotopic (exact) mass is 470 g/mol. The van der Waals surface area contributed by atoms with E-state index < -0.39 is 23.2 Å². The van der Waals surface area contributed by atoms with Gasteiger partial charge >= 0.3 is 0 Å². The van der Waals surface area contributed by atoms with Gasteiger partial charge in [0.1, 0.15) is 5.92 Å². The summed E-state index contributed by atoms with van der Waals surface area (Å²) in [7, 11) is 2.09. The molecule has 1 amide bonds. The summed E-state index contributed by atoms with van der Waals surface area (Å²) in [6, 6.07) is 6.50. The second-order valence-electron chi connectivity index (χ2n) is 9.46. The van der Waals surface area contributed by atoms with E-state index in [1.54, 1.807) is 0 Å². The minimum atomic E-state index is -1.24. The van der Waals surface area contributed by atoms with Gasteiger partial charge in [0.2, 0.25) is 11.1 Å². The number of aromatic nitrogens is 1. The van der Waals surface area contributed by atoms with Crippen molar-refractivity contribution in [1.82, 2.24) is 20.1 Å². The first-order chi connectivity index (χ1) is 15.9. The highest BCUT2D eigenvalue weighted by Gasteiger charge is 2.41. The molecule has 0 saturated carbocycles. The second-order valence-corrected chi connectivity index (χ2v) is 9.83. The zero-order valence-electron chi connectivity index (χ0n) is 19.0. The van der Waals surface area contributed by atoms with Gasteiger partial charge in [0.05, 0.1) is 11.8 Å². The lowest BCUT2D eigenvalue weighted by molar-refractivity contribution is -0.133. The van der Waals surface area contributed by atoms with Gasteiger partial charge in [-0.05, 0) is 86.1 Å². The Morgan fingerprint density at radius 1 is 1.21 bits per heavy atom. The first-order valence-electron chi connectivity index (χ1n) is 11.9. The number of hydrogen-bond donors (Lipinski definition) is 3. The molecule has 8 heteroatoms. The molecule has 3 heterocycles. The Hall–Kier alpha value is -2.19. The molecule has 1 saturated heterocycles. The van der Waals surface area contributed by atoms with E-state index in [4.69, 9.17) is 11.6 Å². The summed E-state index contributed by atoms with van der Waals surface area (Å²) in [6.07, 6.45) is 3.75. The Balaban J connectivity index is 1.42. The summed E-state index contributed by atoms with van der Waals surface area (Å²) >= 11 is 5.61. The van der Waals surface area contributed by atoms with Crippen molar-refractivity contribution in [1.29, 1.82) is 0 Å². The van der Waals surface area contributed by atoms with Gasteiger partial charge in [-0.1, -0.05) is 0 Å². The van der Waals surface area contributed by atoms with Crippen molar-refractivity contribution in [2.45, 2.75) is 44.8 Å². The molecule has 0 bridgehead atoms. The van der Waals surface area contributed by atoms with Gasteiger partial charge in [-0.2, -0.15) is 0 Å². The number of halogens is 1. The molecule has 2 unspecified atom stereocenters. The van der Waals surface area contributed by atoms with Gasteiger partial charge in [-0.3, -0.25) is 9.59 Å². The smallest absolute Gasteiger partial charge is 0.239 e. The van der Waals surface area contributed by atoms with Crippen molar-refractivity contribution >= 4 is 39.4 Å². The summed E-state index contributed by atoms with van der Waals surface area (Å²) in [6.45, 7) is 5.28. The molecule has 1 aliphatic carbocycles. The van der Waals surface area contributed by atoms with E-state index in [1.165, 1.54) is 31.6 Å². The molecule has 2 aliphatic heterocycles. The number of fused-ring (bicyclic) bond motifs is 3. The number of aliphatic hydroxyl groups excluding tert-OH is 1. The molecule has 3 N–H and O–H groups in total. The third-order valence-corrected chi connectivity index (χ3v) is 7.64. The van der Waals surface area contributed by atoms with E-state index in [0.717, 1.165) is 54.5 Å². The molecule has 2 atom stereocenters. The minimum Gasteiger partial charge on any atom is -0.387 e. The number of hydrogen-bond acceptors (Lipinski definition) is 5. The molecule has 33 heavy (non-hydrogen) atoms. The maximum atomic E-state index is 12.6. The maximum Gasteiger partial charge on any atom is 0.239 e. The van der Waals surface area contributed by atoms with E-state index in [1.807, 2.05) is 0 Å². The number of carbonyl (C=O) groups is 2. The van der Waals surface area contributed by atoms with Crippen molar-refractivity contribution < 1.29 is 14.7 Å². The highest BCUT2D eigenvalue weighted by atomic mass is 35.5. The molecule has 1 aromatic heterocycles. The Morgan fingerprint density at radius 3 is 2.76 bits per heavy atom. The van der Waals surface area contributed by atoms with Crippen LogP contribution in [0.4, 0.5) is 0 Å². The first kappa shape index (κ1) is 22.6. The Kier molecular flexibility index (Phi) is 6.31. The number of amides is 1. The predicted octanol–water partition coefficient (Wildman–Crippen LogP) is 2.28. The third-order valence-electron chi connectivity index (χ3n) is 7.41. The second kappa shape index (κ2) is 9.22. The van der Waals surface area contributed by atoms with Crippen LogP contribution in [-0.4, -0.2) is 58.0 Å². The number of likely N-dealkylation sites (tertiary alicyclic amines) is 1. The number of rotatable bonds is 6. The van der Waals surface area contributed by atoms with Crippen molar-refractivity contribution in [3.8, 4) is 0 Å². The molecule has 2 aromatic rings. The average molecular weight is 471 g/mol. The Labute approximate surface area is 198 Å². The van der Waals surface area contributed by atoms with Crippen LogP contribution < -0.4 is 10.6 Å². The van der Waals surface area contributed by atoms with Crippen molar-refractivity contribution in [2.24, 2.45) is 13.0 Å². The van der Waals surface area contributed by atoms with Crippen molar-refractivity contribution in [3.05, 3.63) is 40.6 Å². The summed E-state index contributed by atoms with van der Waals surface area (Å²) < 4.78 is 2.23. The molecule has 176 valence electrons. The number of carbonyl (C=O) groups excluding carboxylic acids is 2. The van der Waals surface area contributed by atoms with Crippen LogP contribution in [-0.2, 0) is 29.6 Å². The maximum absolute atomic E-state index is 12.6. The van der Waals surface area contributed by atoms with E-state index >= 15 is 0 Å². The van der Waals surface area contributed by atoms with Crippen LogP contribution in [0, 0.1) is 5.92 Å².